The Balaban J connectivity index is 1.88. The molecular formula is C17H28N4O. The first-order chi connectivity index (χ1) is 10.8. The largest absolute Gasteiger partial charge is 0.391 e. The van der Waals surface area contributed by atoms with Crippen LogP contribution in [-0.4, -0.2) is 53.2 Å². The average Bonchev–Trinajstić information content (AvgIpc) is 2.54. The molecule has 22 heavy (non-hydrogen) atoms. The Hall–Kier alpha value is -1.62. The molecule has 1 aliphatic heterocycles. The summed E-state index contributed by atoms with van der Waals surface area (Å²) in [5.41, 5.74) is 1.08. The number of nitrogens with zero attached hydrogens (tertiary/aromatic N) is 3. The molecule has 0 aromatic carbocycles. The maximum atomic E-state index is 9.87. The molecule has 0 unspecified atom stereocenters. The van der Waals surface area contributed by atoms with E-state index >= 15 is 0 Å². The van der Waals surface area contributed by atoms with E-state index in [1.54, 1.807) is 0 Å². The van der Waals surface area contributed by atoms with E-state index in [9.17, 15) is 5.11 Å². The van der Waals surface area contributed by atoms with Crippen LogP contribution < -0.4 is 5.32 Å². The molecule has 2 N–H and O–H groups in total. The number of likely N-dealkylation sites (tertiary alicyclic amines) is 1. The molecule has 5 heteroatoms. The Labute approximate surface area is 133 Å². The van der Waals surface area contributed by atoms with Crippen LogP contribution in [0.2, 0.25) is 0 Å². The third-order valence-corrected chi connectivity index (χ3v) is 3.86. The Morgan fingerprint density at radius 2 is 2.41 bits per heavy atom. The molecule has 5 nitrogen and oxygen atoms in total. The number of β-amino-alcohol motifs (C(OH)–C–C–N with tert-alkyl or cyclic N) is 1. The van der Waals surface area contributed by atoms with Gasteiger partial charge in [0.1, 0.15) is 0 Å². The topological polar surface area (TPSA) is 60.8 Å². The highest BCUT2D eigenvalue weighted by Crippen LogP contribution is 2.10. The number of hydrogen-bond acceptors (Lipinski definition) is 3. The number of guanidine groups is 1. The predicted molar refractivity (Wildman–Crippen MR) is 90.0 cm³/mol. The van der Waals surface area contributed by atoms with Gasteiger partial charge in [0.15, 0.2) is 5.96 Å². The molecule has 1 aliphatic rings. The van der Waals surface area contributed by atoms with Crippen molar-refractivity contribution in [3.05, 3.63) is 30.1 Å². The third-order valence-electron chi connectivity index (χ3n) is 3.86. The highest BCUT2D eigenvalue weighted by atomic mass is 16.3. The fraction of sp³-hybridized carbons (Fsp3) is 0.647. The number of rotatable bonds is 6. The van der Waals surface area contributed by atoms with Crippen LogP contribution in [0.1, 0.15) is 38.3 Å². The lowest BCUT2D eigenvalue weighted by Crippen LogP contribution is -2.48. The van der Waals surface area contributed by atoms with Crippen molar-refractivity contribution in [3.8, 4) is 0 Å². The first-order valence-corrected chi connectivity index (χ1v) is 8.41. The Bertz CT molecular complexity index is 449. The molecule has 2 heterocycles. The summed E-state index contributed by atoms with van der Waals surface area (Å²) >= 11 is 0. The second-order valence-electron chi connectivity index (χ2n) is 5.80. The number of aliphatic hydroxyl groups is 1. The van der Waals surface area contributed by atoms with Crippen molar-refractivity contribution in [2.75, 3.05) is 26.2 Å². The number of nitrogens with one attached hydrogen (secondary N) is 1. The zero-order valence-electron chi connectivity index (χ0n) is 13.5. The van der Waals surface area contributed by atoms with Crippen LogP contribution in [-0.2, 0) is 6.42 Å². The van der Waals surface area contributed by atoms with Gasteiger partial charge in [-0.3, -0.25) is 9.98 Å². The molecule has 0 radical (unpaired) electrons. The van der Waals surface area contributed by atoms with E-state index in [0.29, 0.717) is 6.54 Å². The minimum Gasteiger partial charge on any atom is -0.391 e. The van der Waals surface area contributed by atoms with Gasteiger partial charge in [-0.25, -0.2) is 0 Å². The quantitative estimate of drug-likeness (QED) is 0.478. The van der Waals surface area contributed by atoms with Crippen LogP contribution in [0.25, 0.3) is 0 Å². The van der Waals surface area contributed by atoms with Gasteiger partial charge < -0.3 is 15.3 Å². The summed E-state index contributed by atoms with van der Waals surface area (Å²) in [6.07, 6.45) is 6.64. The second kappa shape index (κ2) is 9.41. The first-order valence-electron chi connectivity index (χ1n) is 8.41. The van der Waals surface area contributed by atoms with Crippen LogP contribution in [0.3, 0.4) is 0 Å². The van der Waals surface area contributed by atoms with Gasteiger partial charge in [0.2, 0.25) is 0 Å². The van der Waals surface area contributed by atoms with Crippen molar-refractivity contribution < 1.29 is 5.11 Å². The molecule has 1 aromatic heterocycles. The van der Waals surface area contributed by atoms with Crippen LogP contribution in [0.4, 0.5) is 0 Å². The molecule has 0 amide bonds. The standard InChI is InChI=1S/C17H28N4O/c1-2-3-10-19-17(21-13-6-8-16(22)14-21)20-12-9-15-7-4-5-11-18-15/h4-5,7,11,16,22H,2-3,6,8-10,12-14H2,1H3,(H,19,20)/t16-/m1/s1. The first kappa shape index (κ1) is 16.7. The zero-order chi connectivity index (χ0) is 15.6. The maximum Gasteiger partial charge on any atom is 0.194 e. The maximum absolute atomic E-state index is 9.87. The van der Waals surface area contributed by atoms with Crippen molar-refractivity contribution >= 4 is 5.96 Å². The number of aliphatic imine (C=N–C) groups is 1. The van der Waals surface area contributed by atoms with Gasteiger partial charge in [-0.1, -0.05) is 19.4 Å². The Morgan fingerprint density at radius 1 is 1.50 bits per heavy atom. The van der Waals surface area contributed by atoms with Gasteiger partial charge in [-0.15, -0.1) is 0 Å². The van der Waals surface area contributed by atoms with E-state index < -0.39 is 0 Å². The fourth-order valence-corrected chi connectivity index (χ4v) is 2.61. The highest BCUT2D eigenvalue weighted by Gasteiger charge is 2.20. The minimum atomic E-state index is -0.234. The monoisotopic (exact) mass is 304 g/mol. The molecular weight excluding hydrogens is 276 g/mol. The summed E-state index contributed by atoms with van der Waals surface area (Å²) in [5, 5.41) is 13.3. The van der Waals surface area contributed by atoms with Crippen LogP contribution in [0.5, 0.6) is 0 Å². The molecule has 2 rings (SSSR count). The Morgan fingerprint density at radius 3 is 3.14 bits per heavy atom. The van der Waals surface area contributed by atoms with Crippen LogP contribution in [0.15, 0.2) is 29.4 Å². The fourth-order valence-electron chi connectivity index (χ4n) is 2.61. The van der Waals surface area contributed by atoms with Gasteiger partial charge in [-0.2, -0.15) is 0 Å². The summed E-state index contributed by atoms with van der Waals surface area (Å²) in [6, 6.07) is 5.99. The summed E-state index contributed by atoms with van der Waals surface area (Å²) in [6.45, 7) is 5.48. The summed E-state index contributed by atoms with van der Waals surface area (Å²) in [5.74, 6) is 0.933. The van der Waals surface area contributed by atoms with Gasteiger partial charge in [0.05, 0.1) is 6.10 Å². The molecule has 1 aromatic rings. The van der Waals surface area contributed by atoms with E-state index in [-0.39, 0.29) is 6.10 Å². The van der Waals surface area contributed by atoms with Gasteiger partial charge in [-0.05, 0) is 31.4 Å². The zero-order valence-corrected chi connectivity index (χ0v) is 13.5. The molecule has 0 bridgehead atoms. The molecule has 0 aliphatic carbocycles. The average molecular weight is 304 g/mol. The van der Waals surface area contributed by atoms with Crippen LogP contribution >= 0.6 is 0 Å². The van der Waals surface area contributed by atoms with Crippen LogP contribution in [0, 0.1) is 0 Å². The summed E-state index contributed by atoms with van der Waals surface area (Å²) in [4.78, 5) is 11.2. The normalized spacial score (nSPS) is 19.3. The smallest absolute Gasteiger partial charge is 0.194 e. The van der Waals surface area contributed by atoms with Crippen molar-refractivity contribution in [3.63, 3.8) is 0 Å². The number of piperidine rings is 1. The number of aliphatic hydroxyl groups excluding tert-OH is 1. The van der Waals surface area contributed by atoms with Crippen molar-refractivity contribution in [1.29, 1.82) is 0 Å². The summed E-state index contributed by atoms with van der Waals surface area (Å²) < 4.78 is 0. The molecule has 1 saturated heterocycles. The number of hydrogen-bond donors (Lipinski definition) is 2. The van der Waals surface area contributed by atoms with Crippen molar-refractivity contribution in [2.24, 2.45) is 4.99 Å². The number of unbranched alkanes of at least 4 members (excludes halogenated alkanes) is 1. The summed E-state index contributed by atoms with van der Waals surface area (Å²) in [7, 11) is 0. The number of pyridine rings is 1. The Kier molecular flexibility index (Phi) is 7.16. The van der Waals surface area contributed by atoms with Gasteiger partial charge >= 0.3 is 0 Å². The van der Waals surface area contributed by atoms with Gasteiger partial charge in [0, 0.05) is 44.5 Å². The second-order valence-corrected chi connectivity index (χ2v) is 5.80. The van der Waals surface area contributed by atoms with E-state index in [2.05, 4.69) is 22.1 Å². The minimum absolute atomic E-state index is 0.234. The molecule has 1 atom stereocenters. The number of aromatic nitrogens is 1. The third kappa shape index (κ3) is 5.64. The van der Waals surface area contributed by atoms with E-state index in [1.165, 1.54) is 0 Å². The molecule has 0 spiro atoms. The SMILES string of the molecule is CCCCN=C(NCCc1ccccn1)N1CCC[C@@H](O)C1. The molecule has 1 fully saturated rings. The van der Waals surface area contributed by atoms with E-state index in [1.807, 2.05) is 24.4 Å². The highest BCUT2D eigenvalue weighted by molar-refractivity contribution is 5.80. The van der Waals surface area contributed by atoms with Crippen molar-refractivity contribution in [2.45, 2.75) is 45.1 Å². The molecule has 122 valence electrons. The predicted octanol–water partition coefficient (Wildman–Crippen LogP) is 1.83. The van der Waals surface area contributed by atoms with Crippen molar-refractivity contribution in [1.82, 2.24) is 15.2 Å². The van der Waals surface area contributed by atoms with Gasteiger partial charge in [0.25, 0.3) is 0 Å². The van der Waals surface area contributed by atoms with E-state index in [4.69, 9.17) is 4.99 Å². The lowest BCUT2D eigenvalue weighted by atomic mass is 10.1. The lowest BCUT2D eigenvalue weighted by Gasteiger charge is -2.33. The lowest BCUT2D eigenvalue weighted by molar-refractivity contribution is 0.101. The van der Waals surface area contributed by atoms with E-state index in [0.717, 1.165) is 63.4 Å². The molecule has 0 saturated carbocycles.